The summed E-state index contributed by atoms with van der Waals surface area (Å²) in [6.07, 6.45) is 0.598. The van der Waals surface area contributed by atoms with Gasteiger partial charge in [-0.15, -0.1) is 0 Å². The van der Waals surface area contributed by atoms with Gasteiger partial charge in [0.2, 0.25) is 0 Å². The molecule has 1 aromatic carbocycles. The molecule has 2 rings (SSSR count). The number of aryl methyl sites for hydroxylation is 1. The lowest BCUT2D eigenvalue weighted by Crippen LogP contribution is -2.37. The minimum absolute atomic E-state index is 0.144. The SMILES string of the molecule is Cc1cccc(C(N)=S)c1NC1(C)CCS(=O)(=O)C1. The minimum atomic E-state index is -2.95. The van der Waals surface area contributed by atoms with E-state index in [4.69, 9.17) is 18.0 Å². The average Bonchev–Trinajstić information content (AvgIpc) is 2.56. The molecule has 1 fully saturated rings. The van der Waals surface area contributed by atoms with Gasteiger partial charge >= 0.3 is 0 Å². The Kier molecular flexibility index (Phi) is 3.57. The lowest BCUT2D eigenvalue weighted by molar-refractivity contribution is 0.573. The summed E-state index contributed by atoms with van der Waals surface area (Å²) in [5.41, 5.74) is 7.89. The van der Waals surface area contributed by atoms with Crippen molar-refractivity contribution in [1.29, 1.82) is 0 Å². The number of rotatable bonds is 3. The number of nitrogens with two attached hydrogens (primary N) is 1. The quantitative estimate of drug-likeness (QED) is 0.830. The van der Waals surface area contributed by atoms with Crippen LogP contribution in [-0.2, 0) is 9.84 Å². The molecule has 19 heavy (non-hydrogen) atoms. The van der Waals surface area contributed by atoms with Crippen LogP contribution in [0.5, 0.6) is 0 Å². The van der Waals surface area contributed by atoms with Crippen molar-refractivity contribution in [2.24, 2.45) is 5.73 Å². The molecule has 0 amide bonds. The molecule has 0 radical (unpaired) electrons. The van der Waals surface area contributed by atoms with Crippen molar-refractivity contribution in [2.75, 3.05) is 16.8 Å². The van der Waals surface area contributed by atoms with Crippen LogP contribution in [0.4, 0.5) is 5.69 Å². The van der Waals surface area contributed by atoms with E-state index in [9.17, 15) is 8.42 Å². The smallest absolute Gasteiger partial charge is 0.152 e. The zero-order valence-corrected chi connectivity index (χ0v) is 12.7. The molecule has 1 aliphatic heterocycles. The molecule has 1 aliphatic rings. The van der Waals surface area contributed by atoms with Gasteiger partial charge in [-0.3, -0.25) is 0 Å². The molecule has 0 bridgehead atoms. The van der Waals surface area contributed by atoms with Crippen LogP contribution in [0, 0.1) is 6.92 Å². The number of benzene rings is 1. The zero-order chi connectivity index (χ0) is 14.3. The molecule has 4 nitrogen and oxygen atoms in total. The van der Waals surface area contributed by atoms with Crippen LogP contribution in [0.2, 0.25) is 0 Å². The van der Waals surface area contributed by atoms with Gasteiger partial charge in [0, 0.05) is 16.8 Å². The summed E-state index contributed by atoms with van der Waals surface area (Å²) in [4.78, 5) is 0.315. The lowest BCUT2D eigenvalue weighted by atomic mass is 9.99. The predicted molar refractivity (Wildman–Crippen MR) is 82.4 cm³/mol. The van der Waals surface area contributed by atoms with Gasteiger partial charge in [-0.05, 0) is 31.9 Å². The van der Waals surface area contributed by atoms with Crippen molar-refractivity contribution in [2.45, 2.75) is 25.8 Å². The van der Waals surface area contributed by atoms with Gasteiger partial charge in [0.1, 0.15) is 4.99 Å². The summed E-state index contributed by atoms with van der Waals surface area (Å²) in [6.45, 7) is 3.88. The van der Waals surface area contributed by atoms with Gasteiger partial charge in [0.25, 0.3) is 0 Å². The van der Waals surface area contributed by atoms with E-state index in [1.54, 1.807) is 0 Å². The monoisotopic (exact) mass is 298 g/mol. The Balaban J connectivity index is 2.37. The zero-order valence-electron chi connectivity index (χ0n) is 11.1. The highest BCUT2D eigenvalue weighted by Gasteiger charge is 2.38. The molecular weight excluding hydrogens is 280 g/mol. The second-order valence-corrected chi connectivity index (χ2v) is 8.01. The van der Waals surface area contributed by atoms with Gasteiger partial charge in [0.05, 0.1) is 11.5 Å². The van der Waals surface area contributed by atoms with Gasteiger partial charge < -0.3 is 11.1 Å². The van der Waals surface area contributed by atoms with Gasteiger partial charge in [0.15, 0.2) is 9.84 Å². The minimum Gasteiger partial charge on any atom is -0.389 e. The standard InChI is InChI=1S/C13H18N2O2S2/c1-9-4-3-5-10(12(14)18)11(9)15-13(2)6-7-19(16,17)8-13/h3-5,15H,6-8H2,1-2H3,(H2,14,18). The summed E-state index contributed by atoms with van der Waals surface area (Å²) >= 11 is 5.05. The van der Waals surface area contributed by atoms with E-state index >= 15 is 0 Å². The lowest BCUT2D eigenvalue weighted by Gasteiger charge is -2.28. The Morgan fingerprint density at radius 3 is 2.68 bits per heavy atom. The molecule has 104 valence electrons. The molecule has 3 N–H and O–H groups in total. The van der Waals surface area contributed by atoms with Gasteiger partial charge in [-0.1, -0.05) is 24.4 Å². The molecule has 0 saturated carbocycles. The second kappa shape index (κ2) is 4.76. The number of thiocarbonyl (C=S) groups is 1. The highest BCUT2D eigenvalue weighted by molar-refractivity contribution is 7.91. The summed E-state index contributed by atoms with van der Waals surface area (Å²) in [7, 11) is -2.95. The molecule has 1 atom stereocenters. The molecule has 1 unspecified atom stereocenters. The molecule has 6 heteroatoms. The van der Waals surface area contributed by atoms with Crippen molar-refractivity contribution in [1.82, 2.24) is 0 Å². The number of sulfone groups is 1. The Morgan fingerprint density at radius 1 is 1.47 bits per heavy atom. The third-order valence-electron chi connectivity index (χ3n) is 3.47. The van der Waals surface area contributed by atoms with Crippen molar-refractivity contribution >= 4 is 32.7 Å². The van der Waals surface area contributed by atoms with Crippen LogP contribution < -0.4 is 11.1 Å². The molecular formula is C13H18N2O2S2. The van der Waals surface area contributed by atoms with E-state index in [-0.39, 0.29) is 11.5 Å². The van der Waals surface area contributed by atoms with Crippen LogP contribution in [0.25, 0.3) is 0 Å². The molecule has 1 saturated heterocycles. The van der Waals surface area contributed by atoms with Crippen molar-refractivity contribution < 1.29 is 8.42 Å². The number of nitrogens with one attached hydrogen (secondary N) is 1. The summed E-state index contributed by atoms with van der Waals surface area (Å²) in [5.74, 6) is 0.371. The van der Waals surface area contributed by atoms with E-state index in [2.05, 4.69) is 5.32 Å². The Labute approximate surface area is 119 Å². The van der Waals surface area contributed by atoms with Crippen molar-refractivity contribution in [3.63, 3.8) is 0 Å². The Bertz CT molecular complexity index is 626. The maximum Gasteiger partial charge on any atom is 0.152 e. The molecule has 1 heterocycles. The summed E-state index contributed by atoms with van der Waals surface area (Å²) < 4.78 is 23.3. The largest absolute Gasteiger partial charge is 0.389 e. The third kappa shape index (κ3) is 3.06. The van der Waals surface area contributed by atoms with E-state index in [1.807, 2.05) is 32.0 Å². The van der Waals surface area contributed by atoms with Crippen molar-refractivity contribution in [3.05, 3.63) is 29.3 Å². The number of anilines is 1. The van der Waals surface area contributed by atoms with Gasteiger partial charge in [-0.2, -0.15) is 0 Å². The highest BCUT2D eigenvalue weighted by Crippen LogP contribution is 2.30. The molecule has 0 aliphatic carbocycles. The van der Waals surface area contributed by atoms with E-state index < -0.39 is 15.4 Å². The number of hydrogen-bond donors (Lipinski definition) is 2. The fraction of sp³-hybridized carbons (Fsp3) is 0.462. The van der Waals surface area contributed by atoms with Crippen molar-refractivity contribution in [3.8, 4) is 0 Å². The third-order valence-corrected chi connectivity index (χ3v) is 5.59. The normalized spacial score (nSPS) is 25.2. The first-order valence-electron chi connectivity index (χ1n) is 6.10. The second-order valence-electron chi connectivity index (χ2n) is 5.39. The highest BCUT2D eigenvalue weighted by atomic mass is 32.2. The number of para-hydroxylation sites is 1. The predicted octanol–water partition coefficient (Wildman–Crippen LogP) is 1.62. The van der Waals surface area contributed by atoms with E-state index in [0.29, 0.717) is 11.4 Å². The first-order chi connectivity index (χ1) is 8.72. The van der Waals surface area contributed by atoms with Crippen LogP contribution in [-0.4, -0.2) is 30.5 Å². The fourth-order valence-electron chi connectivity index (χ4n) is 2.45. The molecule has 0 spiro atoms. The number of hydrogen-bond acceptors (Lipinski definition) is 4. The summed E-state index contributed by atoms with van der Waals surface area (Å²) in [5, 5.41) is 3.34. The van der Waals surface area contributed by atoms with Crippen LogP contribution >= 0.6 is 12.2 Å². The summed E-state index contributed by atoms with van der Waals surface area (Å²) in [6, 6.07) is 5.70. The molecule has 1 aromatic rings. The Morgan fingerprint density at radius 2 is 2.16 bits per heavy atom. The van der Waals surface area contributed by atoms with Crippen LogP contribution in [0.3, 0.4) is 0 Å². The fourth-order valence-corrected chi connectivity index (χ4v) is 4.71. The Hall–Kier alpha value is -1.14. The first-order valence-corrected chi connectivity index (χ1v) is 8.33. The topological polar surface area (TPSA) is 72.2 Å². The average molecular weight is 298 g/mol. The maximum absolute atomic E-state index is 11.6. The van der Waals surface area contributed by atoms with Gasteiger partial charge in [-0.25, -0.2) is 8.42 Å². The van der Waals surface area contributed by atoms with Crippen LogP contribution in [0.15, 0.2) is 18.2 Å². The van der Waals surface area contributed by atoms with E-state index in [1.165, 1.54) is 0 Å². The van der Waals surface area contributed by atoms with E-state index in [0.717, 1.165) is 16.8 Å². The van der Waals surface area contributed by atoms with Crippen LogP contribution in [0.1, 0.15) is 24.5 Å². The molecule has 0 aromatic heterocycles. The maximum atomic E-state index is 11.6. The first kappa shape index (κ1) is 14.3.